The van der Waals surface area contributed by atoms with E-state index in [1.54, 1.807) is 0 Å². The summed E-state index contributed by atoms with van der Waals surface area (Å²) < 4.78 is 0. The molecule has 1 atom stereocenters. The number of amides is 1. The summed E-state index contributed by atoms with van der Waals surface area (Å²) in [5, 5.41) is 0. The van der Waals surface area contributed by atoms with Crippen LogP contribution in [0.3, 0.4) is 0 Å². The lowest BCUT2D eigenvalue weighted by Crippen LogP contribution is -2.37. The number of nitrogen functional groups attached to an aromatic ring is 1. The highest BCUT2D eigenvalue weighted by Crippen LogP contribution is 2.34. The summed E-state index contributed by atoms with van der Waals surface area (Å²) >= 11 is 0. The first-order chi connectivity index (χ1) is 8.48. The van der Waals surface area contributed by atoms with Gasteiger partial charge in [0.1, 0.15) is 18.0 Å². The molecule has 0 saturated carbocycles. The lowest BCUT2D eigenvalue weighted by molar-refractivity contribution is -0.125. The second-order valence-corrected chi connectivity index (χ2v) is 4.91. The number of carbonyl (C=O) groups is 1. The van der Waals surface area contributed by atoms with Crippen LogP contribution in [0, 0.1) is 12.3 Å². The summed E-state index contributed by atoms with van der Waals surface area (Å²) in [6.45, 7) is 5.10. The summed E-state index contributed by atoms with van der Waals surface area (Å²) in [6, 6.07) is 0. The average molecular weight is 250 g/mol. The van der Waals surface area contributed by atoms with Crippen molar-refractivity contribution < 1.29 is 4.79 Å². The van der Waals surface area contributed by atoms with Gasteiger partial charge in [-0.15, -0.1) is 0 Å². The molecule has 0 bridgehead atoms. The fourth-order valence-corrected chi connectivity index (χ4v) is 2.25. The highest BCUT2D eigenvalue weighted by Gasteiger charge is 2.39. The minimum Gasteiger partial charge on any atom is -0.369 e. The van der Waals surface area contributed by atoms with Gasteiger partial charge in [-0.05, 0) is 20.3 Å². The van der Waals surface area contributed by atoms with E-state index >= 15 is 0 Å². The van der Waals surface area contributed by atoms with Crippen molar-refractivity contribution in [1.29, 1.82) is 0 Å². The maximum atomic E-state index is 11.4. The minimum absolute atomic E-state index is 0.270. The van der Waals surface area contributed by atoms with Crippen molar-refractivity contribution in [3.05, 3.63) is 11.9 Å². The molecule has 1 fully saturated rings. The van der Waals surface area contributed by atoms with Gasteiger partial charge in [0.25, 0.3) is 0 Å². The molecule has 7 nitrogen and oxygen atoms in total. The molecule has 0 radical (unpaired) electrons. The summed E-state index contributed by atoms with van der Waals surface area (Å²) in [5.41, 5.74) is 8.35. The molecule has 2 rings (SSSR count). The van der Waals surface area contributed by atoms with Crippen LogP contribution in [0.5, 0.6) is 0 Å². The van der Waals surface area contributed by atoms with Crippen LogP contribution in [0.2, 0.25) is 0 Å². The number of aromatic nitrogens is 2. The molecule has 1 amide bonds. The van der Waals surface area contributed by atoms with Gasteiger partial charge in [0.15, 0.2) is 0 Å². The zero-order chi connectivity index (χ0) is 13.3. The summed E-state index contributed by atoms with van der Waals surface area (Å²) in [6.07, 6.45) is 2.19. The number of nitrogens with one attached hydrogen (secondary N) is 1. The molecule has 5 N–H and O–H groups in total. The van der Waals surface area contributed by atoms with E-state index in [1.807, 2.05) is 18.7 Å². The van der Waals surface area contributed by atoms with Gasteiger partial charge in [0.05, 0.1) is 5.41 Å². The van der Waals surface area contributed by atoms with Gasteiger partial charge in [0, 0.05) is 18.7 Å². The van der Waals surface area contributed by atoms with Crippen LogP contribution in [0.15, 0.2) is 6.33 Å². The predicted molar refractivity (Wildman–Crippen MR) is 68.7 cm³/mol. The lowest BCUT2D eigenvalue weighted by Gasteiger charge is -2.23. The number of carbonyl (C=O) groups excluding carboxylic acids is 1. The maximum Gasteiger partial charge on any atom is 0.225 e. The zero-order valence-corrected chi connectivity index (χ0v) is 10.6. The SMILES string of the molecule is Cc1c(NN)ncnc1N1CCC(C)(C(N)=O)C1. The van der Waals surface area contributed by atoms with Gasteiger partial charge in [0.2, 0.25) is 5.91 Å². The normalized spacial score (nSPS) is 23.2. The number of primary amides is 1. The van der Waals surface area contributed by atoms with Crippen LogP contribution in [-0.4, -0.2) is 29.0 Å². The van der Waals surface area contributed by atoms with Crippen molar-refractivity contribution in [1.82, 2.24) is 9.97 Å². The van der Waals surface area contributed by atoms with Gasteiger partial charge in [-0.1, -0.05) is 0 Å². The van der Waals surface area contributed by atoms with E-state index in [1.165, 1.54) is 6.33 Å². The summed E-state index contributed by atoms with van der Waals surface area (Å²) in [4.78, 5) is 21.8. The Morgan fingerprint density at radius 1 is 1.56 bits per heavy atom. The molecule has 0 aromatic carbocycles. The minimum atomic E-state index is -0.492. The van der Waals surface area contributed by atoms with Crippen molar-refractivity contribution in [3.63, 3.8) is 0 Å². The van der Waals surface area contributed by atoms with Crippen molar-refractivity contribution >= 4 is 17.5 Å². The number of hydrogen-bond acceptors (Lipinski definition) is 6. The molecule has 98 valence electrons. The first-order valence-electron chi connectivity index (χ1n) is 5.81. The third-order valence-corrected chi connectivity index (χ3v) is 3.56. The third kappa shape index (κ3) is 1.97. The van der Waals surface area contributed by atoms with Crippen LogP contribution in [0.4, 0.5) is 11.6 Å². The van der Waals surface area contributed by atoms with Gasteiger partial charge in [-0.25, -0.2) is 15.8 Å². The molecule has 1 aliphatic rings. The molecular formula is C11H18N6O. The maximum absolute atomic E-state index is 11.4. The predicted octanol–water partition coefficient (Wildman–Crippen LogP) is -0.228. The van der Waals surface area contributed by atoms with E-state index in [0.717, 1.165) is 24.3 Å². The molecule has 0 aliphatic carbocycles. The van der Waals surface area contributed by atoms with E-state index in [-0.39, 0.29) is 5.91 Å². The quantitative estimate of drug-likeness (QED) is 0.505. The molecule has 18 heavy (non-hydrogen) atoms. The Labute approximate surface area is 106 Å². The number of anilines is 2. The summed E-state index contributed by atoms with van der Waals surface area (Å²) in [7, 11) is 0. The molecule has 7 heteroatoms. The van der Waals surface area contributed by atoms with Gasteiger partial charge >= 0.3 is 0 Å². The Morgan fingerprint density at radius 2 is 2.28 bits per heavy atom. The molecule has 1 unspecified atom stereocenters. The molecule has 0 spiro atoms. The van der Waals surface area contributed by atoms with Crippen molar-refractivity contribution in [3.8, 4) is 0 Å². The standard InChI is InChI=1S/C11H18N6O/c1-7-8(16-13)14-6-15-9(7)17-4-3-11(2,5-17)10(12)18/h6H,3-5,13H2,1-2H3,(H2,12,18)(H,14,15,16). The molecule has 1 aromatic rings. The van der Waals surface area contributed by atoms with E-state index in [9.17, 15) is 4.79 Å². The van der Waals surface area contributed by atoms with E-state index in [0.29, 0.717) is 12.4 Å². The Hall–Kier alpha value is -1.89. The van der Waals surface area contributed by atoms with E-state index in [2.05, 4.69) is 15.4 Å². The van der Waals surface area contributed by atoms with Crippen LogP contribution in [-0.2, 0) is 4.79 Å². The van der Waals surface area contributed by atoms with E-state index < -0.39 is 5.41 Å². The van der Waals surface area contributed by atoms with Crippen molar-refractivity contribution in [2.24, 2.45) is 17.0 Å². The number of rotatable bonds is 3. The van der Waals surface area contributed by atoms with Gasteiger partial charge in [-0.3, -0.25) is 4.79 Å². The smallest absolute Gasteiger partial charge is 0.225 e. The Kier molecular flexibility index (Phi) is 3.08. The molecule has 1 saturated heterocycles. The molecular weight excluding hydrogens is 232 g/mol. The van der Waals surface area contributed by atoms with Crippen LogP contribution < -0.4 is 21.9 Å². The molecule has 2 heterocycles. The van der Waals surface area contributed by atoms with Crippen molar-refractivity contribution in [2.45, 2.75) is 20.3 Å². The van der Waals surface area contributed by atoms with Crippen molar-refractivity contribution in [2.75, 3.05) is 23.4 Å². The van der Waals surface area contributed by atoms with Crippen LogP contribution in [0.25, 0.3) is 0 Å². The average Bonchev–Trinajstić information content (AvgIpc) is 2.73. The molecule has 1 aromatic heterocycles. The van der Waals surface area contributed by atoms with Crippen LogP contribution >= 0.6 is 0 Å². The van der Waals surface area contributed by atoms with Crippen LogP contribution in [0.1, 0.15) is 18.9 Å². The summed E-state index contributed by atoms with van der Waals surface area (Å²) in [5.74, 6) is 6.50. The first-order valence-corrected chi connectivity index (χ1v) is 5.81. The molecule has 1 aliphatic heterocycles. The Balaban J connectivity index is 2.27. The first kappa shape index (κ1) is 12.6. The zero-order valence-electron chi connectivity index (χ0n) is 10.6. The topological polar surface area (TPSA) is 110 Å². The fraction of sp³-hybridized carbons (Fsp3) is 0.545. The number of hydrazine groups is 1. The Bertz CT molecular complexity index is 477. The highest BCUT2D eigenvalue weighted by molar-refractivity contribution is 5.82. The van der Waals surface area contributed by atoms with Gasteiger partial charge < -0.3 is 16.1 Å². The van der Waals surface area contributed by atoms with E-state index in [4.69, 9.17) is 11.6 Å². The monoisotopic (exact) mass is 250 g/mol. The number of nitrogens with zero attached hydrogens (tertiary/aromatic N) is 3. The highest BCUT2D eigenvalue weighted by atomic mass is 16.1. The number of nitrogens with two attached hydrogens (primary N) is 2. The lowest BCUT2D eigenvalue weighted by atomic mass is 9.89. The second kappa shape index (κ2) is 4.41. The third-order valence-electron chi connectivity index (χ3n) is 3.56. The fourth-order valence-electron chi connectivity index (χ4n) is 2.25. The van der Waals surface area contributed by atoms with Gasteiger partial charge in [-0.2, -0.15) is 0 Å². The number of hydrogen-bond donors (Lipinski definition) is 3. The Morgan fingerprint density at radius 3 is 2.83 bits per heavy atom. The largest absolute Gasteiger partial charge is 0.369 e. The second-order valence-electron chi connectivity index (χ2n) is 4.91.